The van der Waals surface area contributed by atoms with Crippen molar-refractivity contribution in [2.45, 2.75) is 40.0 Å². The van der Waals surface area contributed by atoms with Gasteiger partial charge < -0.3 is 32.4 Å². The summed E-state index contributed by atoms with van der Waals surface area (Å²) in [4.78, 5) is 0. The number of benzene rings is 4. The quantitative estimate of drug-likeness (QED) is 0.136. The molecule has 222 valence electrons. The van der Waals surface area contributed by atoms with Gasteiger partial charge in [0.15, 0.2) is 11.5 Å². The second kappa shape index (κ2) is 10.6. The van der Waals surface area contributed by atoms with Gasteiger partial charge in [0, 0.05) is 0 Å². The highest BCUT2D eigenvalue weighted by molar-refractivity contribution is 5.74. The first-order valence-corrected chi connectivity index (χ1v) is 12.5. The summed E-state index contributed by atoms with van der Waals surface area (Å²) in [6.07, 6.45) is -9.22. The maximum Gasteiger partial charge on any atom is 0.416 e. The van der Waals surface area contributed by atoms with Gasteiger partial charge in [-0.05, 0) is 110 Å². The van der Waals surface area contributed by atoms with Gasteiger partial charge in [0.1, 0.15) is 11.5 Å². The van der Waals surface area contributed by atoms with E-state index in [0.29, 0.717) is 33.8 Å². The SMILES string of the molecule is Cc1cc(-c2cc(C)c(Oc3c(N)cc(C(F)(F)F)cc3N)c(C)c2)cc(C)c1Oc1c(N)cc(C(F)(F)F)cc1N. The minimum absolute atomic E-state index is 0.0723. The second-order valence-corrected chi connectivity index (χ2v) is 10.0. The molecule has 42 heavy (non-hydrogen) atoms. The van der Waals surface area contributed by atoms with Gasteiger partial charge >= 0.3 is 12.4 Å². The van der Waals surface area contributed by atoms with Crippen LogP contribution in [0, 0.1) is 27.7 Å². The van der Waals surface area contributed by atoms with Crippen LogP contribution in [-0.2, 0) is 12.4 Å². The van der Waals surface area contributed by atoms with E-state index in [1.807, 2.05) is 24.3 Å². The minimum Gasteiger partial charge on any atom is -0.452 e. The van der Waals surface area contributed by atoms with E-state index in [0.717, 1.165) is 35.4 Å². The van der Waals surface area contributed by atoms with Crippen LogP contribution in [-0.4, -0.2) is 0 Å². The van der Waals surface area contributed by atoms with Gasteiger partial charge in [-0.2, -0.15) is 26.3 Å². The lowest BCUT2D eigenvalue weighted by atomic mass is 9.96. The Bertz CT molecular complexity index is 1480. The summed E-state index contributed by atoms with van der Waals surface area (Å²) in [7, 11) is 0. The molecule has 6 nitrogen and oxygen atoms in total. The van der Waals surface area contributed by atoms with Gasteiger partial charge in [-0.15, -0.1) is 0 Å². The van der Waals surface area contributed by atoms with Gasteiger partial charge in [-0.3, -0.25) is 0 Å². The summed E-state index contributed by atoms with van der Waals surface area (Å²) >= 11 is 0. The topological polar surface area (TPSA) is 123 Å². The van der Waals surface area contributed by atoms with Crippen LogP contribution in [0.4, 0.5) is 49.1 Å². The van der Waals surface area contributed by atoms with Crippen molar-refractivity contribution in [1.82, 2.24) is 0 Å². The summed E-state index contributed by atoms with van der Waals surface area (Å²) in [6, 6.07) is 10.4. The molecule has 0 aromatic heterocycles. The van der Waals surface area contributed by atoms with Crippen molar-refractivity contribution in [3.8, 4) is 34.1 Å². The predicted octanol–water partition coefficient (Wildman–Crippen LogP) is 8.54. The van der Waals surface area contributed by atoms with Crippen molar-refractivity contribution in [3.63, 3.8) is 0 Å². The number of hydrogen-bond donors (Lipinski definition) is 4. The van der Waals surface area contributed by atoms with Crippen molar-refractivity contribution in [3.05, 3.63) is 81.9 Å². The van der Waals surface area contributed by atoms with E-state index >= 15 is 0 Å². The highest BCUT2D eigenvalue weighted by Crippen LogP contribution is 2.44. The van der Waals surface area contributed by atoms with Gasteiger partial charge in [0.05, 0.1) is 33.9 Å². The largest absolute Gasteiger partial charge is 0.452 e. The molecule has 0 unspecified atom stereocenters. The van der Waals surface area contributed by atoms with Crippen molar-refractivity contribution in [1.29, 1.82) is 0 Å². The molecule has 4 rings (SSSR count). The number of ether oxygens (including phenoxy) is 2. The molecule has 12 heteroatoms. The smallest absolute Gasteiger partial charge is 0.416 e. The van der Waals surface area contributed by atoms with Crippen molar-refractivity contribution in [2.75, 3.05) is 22.9 Å². The Hall–Kier alpha value is -4.74. The van der Waals surface area contributed by atoms with Crippen LogP contribution in [0.2, 0.25) is 0 Å². The number of hydrogen-bond acceptors (Lipinski definition) is 6. The van der Waals surface area contributed by atoms with Gasteiger partial charge in [0.25, 0.3) is 0 Å². The Balaban J connectivity index is 1.66. The molecule has 8 N–H and O–H groups in total. The van der Waals surface area contributed by atoms with E-state index in [1.54, 1.807) is 27.7 Å². The molecule has 4 aromatic carbocycles. The van der Waals surface area contributed by atoms with Crippen molar-refractivity contribution >= 4 is 22.7 Å². The van der Waals surface area contributed by atoms with Crippen LogP contribution in [0.5, 0.6) is 23.0 Å². The number of rotatable bonds is 5. The summed E-state index contributed by atoms with van der Waals surface area (Å²) in [5, 5.41) is 0. The highest BCUT2D eigenvalue weighted by Gasteiger charge is 2.33. The Kier molecular flexibility index (Phi) is 7.62. The number of halogens is 6. The first-order chi connectivity index (χ1) is 19.4. The zero-order chi connectivity index (χ0) is 31.3. The number of nitrogen functional groups attached to an aromatic ring is 4. The van der Waals surface area contributed by atoms with E-state index in [-0.39, 0.29) is 34.2 Å². The molecule has 0 saturated carbocycles. The monoisotopic (exact) mass is 590 g/mol. The third-order valence-corrected chi connectivity index (χ3v) is 6.61. The Morgan fingerprint density at radius 1 is 0.429 bits per heavy atom. The van der Waals surface area contributed by atoms with Gasteiger partial charge in [0.2, 0.25) is 0 Å². The van der Waals surface area contributed by atoms with Crippen LogP contribution in [0.3, 0.4) is 0 Å². The van der Waals surface area contributed by atoms with Crippen LogP contribution in [0.25, 0.3) is 11.1 Å². The summed E-state index contributed by atoms with van der Waals surface area (Å²) in [6.45, 7) is 7.09. The molecule has 0 bridgehead atoms. The van der Waals surface area contributed by atoms with E-state index in [9.17, 15) is 26.3 Å². The number of anilines is 4. The second-order valence-electron chi connectivity index (χ2n) is 10.0. The lowest BCUT2D eigenvalue weighted by molar-refractivity contribution is -0.138. The Morgan fingerprint density at radius 3 is 0.881 bits per heavy atom. The fourth-order valence-electron chi connectivity index (χ4n) is 4.67. The number of alkyl halides is 6. The molecule has 0 aliphatic rings. The third-order valence-electron chi connectivity index (χ3n) is 6.61. The van der Waals surface area contributed by atoms with E-state index < -0.39 is 23.5 Å². The standard InChI is InChI=1S/C30H28F6N4O2/c1-13-5-17(6-14(2)25(13)41-27-21(37)9-19(10-22(27)38)29(31,32)33)18-7-15(3)26(16(4)8-18)42-28-23(39)11-20(12-24(28)40)30(34,35)36/h5-12H,37-40H2,1-4H3. The third kappa shape index (κ3) is 5.97. The fraction of sp³-hybridized carbons (Fsp3) is 0.200. The molecule has 4 aromatic rings. The van der Waals surface area contributed by atoms with Crippen molar-refractivity contribution < 1.29 is 35.8 Å². The lowest BCUT2D eigenvalue weighted by Gasteiger charge is -2.19. The highest BCUT2D eigenvalue weighted by atomic mass is 19.4. The van der Waals surface area contributed by atoms with Crippen LogP contribution >= 0.6 is 0 Å². The Morgan fingerprint density at radius 2 is 0.667 bits per heavy atom. The number of aryl methyl sites for hydroxylation is 4. The molecule has 0 radical (unpaired) electrons. The van der Waals surface area contributed by atoms with Crippen LogP contribution in [0.15, 0.2) is 48.5 Å². The fourth-order valence-corrected chi connectivity index (χ4v) is 4.67. The van der Waals surface area contributed by atoms with E-state index in [4.69, 9.17) is 32.4 Å². The normalized spacial score (nSPS) is 12.0. The predicted molar refractivity (Wildman–Crippen MR) is 152 cm³/mol. The van der Waals surface area contributed by atoms with Crippen LogP contribution in [0.1, 0.15) is 33.4 Å². The zero-order valence-electron chi connectivity index (χ0n) is 23.0. The van der Waals surface area contributed by atoms with Gasteiger partial charge in [-0.1, -0.05) is 0 Å². The summed E-state index contributed by atoms with van der Waals surface area (Å²) in [5.41, 5.74) is 24.8. The van der Waals surface area contributed by atoms with E-state index in [1.165, 1.54) is 0 Å². The molecule has 0 spiro atoms. The molecule has 0 amide bonds. The first kappa shape index (κ1) is 30.2. The number of nitrogens with two attached hydrogens (primary N) is 4. The molecule has 0 saturated heterocycles. The van der Waals surface area contributed by atoms with Crippen LogP contribution < -0.4 is 32.4 Å². The zero-order valence-corrected chi connectivity index (χ0v) is 23.0. The van der Waals surface area contributed by atoms with E-state index in [2.05, 4.69) is 0 Å². The maximum atomic E-state index is 13.1. The maximum absolute atomic E-state index is 13.1. The Labute approximate surface area is 237 Å². The molecule has 0 aliphatic carbocycles. The average molecular weight is 591 g/mol. The molecule has 0 fully saturated rings. The summed E-state index contributed by atoms with van der Waals surface area (Å²) < 4.78 is 90.5. The lowest BCUT2D eigenvalue weighted by Crippen LogP contribution is -2.08. The first-order valence-electron chi connectivity index (χ1n) is 12.5. The van der Waals surface area contributed by atoms with Gasteiger partial charge in [-0.25, -0.2) is 0 Å². The summed E-state index contributed by atoms with van der Waals surface area (Å²) in [5.74, 6) is 0.631. The molecule has 0 aliphatic heterocycles. The minimum atomic E-state index is -4.61. The molecular weight excluding hydrogens is 562 g/mol. The molecular formula is C30H28F6N4O2. The molecule has 0 heterocycles. The average Bonchev–Trinajstić information content (AvgIpc) is 2.84. The molecule has 0 atom stereocenters. The van der Waals surface area contributed by atoms with Crippen molar-refractivity contribution in [2.24, 2.45) is 0 Å².